The lowest BCUT2D eigenvalue weighted by Crippen LogP contribution is -2.01. The fraction of sp³-hybridized carbons (Fsp3) is 0.333. The predicted molar refractivity (Wildman–Crippen MR) is 86.8 cm³/mol. The van der Waals surface area contributed by atoms with Gasteiger partial charge in [-0.05, 0) is 38.0 Å². The van der Waals surface area contributed by atoms with E-state index in [4.69, 9.17) is 13.7 Å². The van der Waals surface area contributed by atoms with Gasteiger partial charge < -0.3 is 13.7 Å². The maximum absolute atomic E-state index is 11.7. The molecule has 3 rings (SSSR count). The van der Waals surface area contributed by atoms with Crippen molar-refractivity contribution in [3.8, 4) is 5.75 Å². The predicted octanol–water partition coefficient (Wildman–Crippen LogP) is 3.93. The highest BCUT2D eigenvalue weighted by Gasteiger charge is 2.11. The van der Waals surface area contributed by atoms with Gasteiger partial charge in [0.2, 0.25) is 0 Å². The highest BCUT2D eigenvalue weighted by molar-refractivity contribution is 5.81. The van der Waals surface area contributed by atoms with Crippen LogP contribution in [0.3, 0.4) is 0 Å². The van der Waals surface area contributed by atoms with Crippen LogP contribution in [0.15, 0.2) is 38.0 Å². The Kier molecular flexibility index (Phi) is 4.19. The molecule has 2 heterocycles. The first-order valence-corrected chi connectivity index (χ1v) is 7.70. The highest BCUT2D eigenvalue weighted by atomic mass is 16.5. The number of hydrogen-bond acceptors (Lipinski definition) is 5. The Bertz CT molecular complexity index is 872. The van der Waals surface area contributed by atoms with Crippen molar-refractivity contribution in [3.63, 3.8) is 0 Å². The van der Waals surface area contributed by atoms with Crippen molar-refractivity contribution in [1.82, 2.24) is 5.16 Å². The molecule has 0 aliphatic rings. The Morgan fingerprint density at radius 1 is 1.22 bits per heavy atom. The van der Waals surface area contributed by atoms with E-state index in [-0.39, 0.29) is 5.63 Å². The molecule has 0 aliphatic carbocycles. The van der Waals surface area contributed by atoms with E-state index in [0.717, 1.165) is 40.8 Å². The molecule has 0 N–H and O–H groups in total. The van der Waals surface area contributed by atoms with E-state index in [1.54, 1.807) is 12.1 Å². The molecule has 2 aromatic heterocycles. The van der Waals surface area contributed by atoms with Gasteiger partial charge >= 0.3 is 5.63 Å². The lowest BCUT2D eigenvalue weighted by Gasteiger charge is -2.08. The Balaban J connectivity index is 1.89. The van der Waals surface area contributed by atoms with E-state index >= 15 is 0 Å². The van der Waals surface area contributed by atoms with Crippen molar-refractivity contribution < 1.29 is 13.7 Å². The second-order valence-corrected chi connectivity index (χ2v) is 5.59. The van der Waals surface area contributed by atoms with E-state index in [2.05, 4.69) is 12.1 Å². The topological polar surface area (TPSA) is 65.5 Å². The summed E-state index contributed by atoms with van der Waals surface area (Å²) in [7, 11) is 0. The fourth-order valence-corrected chi connectivity index (χ4v) is 2.64. The summed E-state index contributed by atoms with van der Waals surface area (Å²) >= 11 is 0. The van der Waals surface area contributed by atoms with Crippen LogP contribution in [0.2, 0.25) is 0 Å². The van der Waals surface area contributed by atoms with Gasteiger partial charge in [0.15, 0.2) is 0 Å². The van der Waals surface area contributed by atoms with E-state index in [1.165, 1.54) is 0 Å². The van der Waals surface area contributed by atoms with Gasteiger partial charge in [-0.2, -0.15) is 0 Å². The zero-order valence-corrected chi connectivity index (χ0v) is 13.5. The van der Waals surface area contributed by atoms with Crippen LogP contribution in [-0.4, -0.2) is 5.16 Å². The second kappa shape index (κ2) is 6.28. The van der Waals surface area contributed by atoms with E-state index < -0.39 is 0 Å². The maximum Gasteiger partial charge on any atom is 0.336 e. The van der Waals surface area contributed by atoms with Crippen molar-refractivity contribution in [2.75, 3.05) is 0 Å². The number of hydrogen-bond donors (Lipinski definition) is 0. The van der Waals surface area contributed by atoms with Crippen LogP contribution in [0.25, 0.3) is 11.0 Å². The van der Waals surface area contributed by atoms with Crippen LogP contribution in [-0.2, 0) is 13.0 Å². The zero-order valence-electron chi connectivity index (χ0n) is 13.5. The van der Waals surface area contributed by atoms with Gasteiger partial charge in [0.05, 0.1) is 11.3 Å². The molecule has 0 unspecified atom stereocenters. The fourth-order valence-electron chi connectivity index (χ4n) is 2.64. The molecule has 0 aliphatic heterocycles. The first kappa shape index (κ1) is 15.3. The number of ether oxygens (including phenoxy) is 1. The summed E-state index contributed by atoms with van der Waals surface area (Å²) in [5.74, 6) is 1.40. The summed E-state index contributed by atoms with van der Waals surface area (Å²) in [6, 6.07) is 7.15. The molecular formula is C18H19NO4. The minimum Gasteiger partial charge on any atom is -0.489 e. The van der Waals surface area contributed by atoms with Crippen LogP contribution in [0.5, 0.6) is 5.75 Å². The highest BCUT2D eigenvalue weighted by Crippen LogP contribution is 2.24. The molecule has 0 spiro atoms. The van der Waals surface area contributed by atoms with Gasteiger partial charge in [-0.15, -0.1) is 0 Å². The summed E-state index contributed by atoms with van der Waals surface area (Å²) < 4.78 is 16.2. The third-order valence-corrected chi connectivity index (χ3v) is 3.89. The van der Waals surface area contributed by atoms with Crippen molar-refractivity contribution in [2.24, 2.45) is 0 Å². The smallest absolute Gasteiger partial charge is 0.336 e. The number of rotatable bonds is 5. The summed E-state index contributed by atoms with van der Waals surface area (Å²) in [5.41, 5.74) is 2.99. The monoisotopic (exact) mass is 313 g/mol. The standard InChI is InChI=1S/C18H19NO4/c1-4-5-13-8-18(20)22-17-9-14(6-7-15(13)17)21-10-16-11(2)19-23-12(16)3/h6-9H,4-5,10H2,1-3H3. The quantitative estimate of drug-likeness (QED) is 0.668. The van der Waals surface area contributed by atoms with Crippen LogP contribution in [0, 0.1) is 13.8 Å². The Morgan fingerprint density at radius 3 is 2.74 bits per heavy atom. The van der Waals surface area contributed by atoms with Crippen molar-refractivity contribution in [2.45, 2.75) is 40.2 Å². The summed E-state index contributed by atoms with van der Waals surface area (Å²) in [6.45, 7) is 6.19. The van der Waals surface area contributed by atoms with Gasteiger partial charge in [0, 0.05) is 17.5 Å². The largest absolute Gasteiger partial charge is 0.489 e. The average Bonchev–Trinajstić information content (AvgIpc) is 2.83. The van der Waals surface area contributed by atoms with Gasteiger partial charge in [-0.1, -0.05) is 18.5 Å². The van der Waals surface area contributed by atoms with Crippen molar-refractivity contribution in [3.05, 3.63) is 57.3 Å². The van der Waals surface area contributed by atoms with Gasteiger partial charge in [0.1, 0.15) is 23.7 Å². The molecule has 0 fully saturated rings. The first-order chi connectivity index (χ1) is 11.1. The minimum absolute atomic E-state index is 0.330. The third kappa shape index (κ3) is 3.13. The average molecular weight is 313 g/mol. The normalized spacial score (nSPS) is 11.1. The summed E-state index contributed by atoms with van der Waals surface area (Å²) in [6.07, 6.45) is 1.82. The third-order valence-electron chi connectivity index (χ3n) is 3.89. The molecule has 0 radical (unpaired) electrons. The van der Waals surface area contributed by atoms with E-state index in [1.807, 2.05) is 26.0 Å². The second-order valence-electron chi connectivity index (χ2n) is 5.59. The maximum atomic E-state index is 11.7. The van der Waals surface area contributed by atoms with Gasteiger partial charge in [-0.3, -0.25) is 0 Å². The van der Waals surface area contributed by atoms with Crippen LogP contribution in [0.1, 0.15) is 35.9 Å². The molecule has 23 heavy (non-hydrogen) atoms. The molecule has 0 amide bonds. The minimum atomic E-state index is -0.330. The molecule has 1 aromatic carbocycles. The van der Waals surface area contributed by atoms with Gasteiger partial charge in [0.25, 0.3) is 0 Å². The van der Waals surface area contributed by atoms with Crippen LogP contribution in [0.4, 0.5) is 0 Å². The molecule has 0 saturated carbocycles. The molecule has 5 heteroatoms. The summed E-state index contributed by atoms with van der Waals surface area (Å²) in [4.78, 5) is 11.7. The Morgan fingerprint density at radius 2 is 2.04 bits per heavy atom. The number of aryl methyl sites for hydroxylation is 3. The Hall–Kier alpha value is -2.56. The number of aromatic nitrogens is 1. The molecule has 0 saturated heterocycles. The van der Waals surface area contributed by atoms with E-state index in [0.29, 0.717) is 17.9 Å². The van der Waals surface area contributed by atoms with Crippen molar-refractivity contribution in [1.29, 1.82) is 0 Å². The number of benzene rings is 1. The Labute approximate surface area is 133 Å². The lowest BCUT2D eigenvalue weighted by molar-refractivity contribution is 0.301. The van der Waals surface area contributed by atoms with E-state index in [9.17, 15) is 4.79 Å². The molecule has 3 aromatic rings. The molecule has 5 nitrogen and oxygen atoms in total. The lowest BCUT2D eigenvalue weighted by atomic mass is 10.1. The zero-order chi connectivity index (χ0) is 16.4. The van der Waals surface area contributed by atoms with Crippen molar-refractivity contribution >= 4 is 11.0 Å². The number of nitrogens with zero attached hydrogens (tertiary/aromatic N) is 1. The molecule has 0 bridgehead atoms. The SMILES string of the molecule is CCCc1cc(=O)oc2cc(OCc3c(C)noc3C)ccc12. The van der Waals surface area contributed by atoms with Gasteiger partial charge in [-0.25, -0.2) is 4.79 Å². The number of fused-ring (bicyclic) bond motifs is 1. The summed E-state index contributed by atoms with van der Waals surface area (Å²) in [5, 5.41) is 4.86. The molecule has 120 valence electrons. The first-order valence-electron chi connectivity index (χ1n) is 7.70. The molecular weight excluding hydrogens is 294 g/mol. The van der Waals surface area contributed by atoms with Crippen LogP contribution < -0.4 is 10.4 Å². The molecule has 0 atom stereocenters. The van der Waals surface area contributed by atoms with Crippen LogP contribution >= 0.6 is 0 Å².